The molecule has 2 saturated heterocycles. The van der Waals surface area contributed by atoms with Gasteiger partial charge in [-0.3, -0.25) is 9.69 Å². The molecule has 0 aromatic heterocycles. The molecule has 0 spiro atoms. The van der Waals surface area contributed by atoms with Crippen LogP contribution in [0.4, 0.5) is 0 Å². The van der Waals surface area contributed by atoms with Gasteiger partial charge in [0.05, 0.1) is 13.2 Å². The van der Waals surface area contributed by atoms with Crippen molar-refractivity contribution in [3.63, 3.8) is 0 Å². The predicted molar refractivity (Wildman–Crippen MR) is 104 cm³/mol. The molecule has 4 rings (SSSR count). The molecule has 154 valence electrons. The van der Waals surface area contributed by atoms with Gasteiger partial charge in [-0.25, -0.2) is 0 Å². The lowest BCUT2D eigenvalue weighted by atomic mass is 9.99. The highest BCUT2D eigenvalue weighted by molar-refractivity contribution is 5.78. The minimum atomic E-state index is 0.0632. The number of nitrogens with zero attached hydrogens (tertiary/aromatic N) is 2. The number of hydrogen-bond donors (Lipinski definition) is 0. The number of piperidine rings is 1. The van der Waals surface area contributed by atoms with Gasteiger partial charge in [0.15, 0.2) is 18.1 Å². The van der Waals surface area contributed by atoms with Crippen LogP contribution in [0.1, 0.15) is 25.7 Å². The topological polar surface area (TPSA) is 60.5 Å². The molecule has 3 aliphatic rings. The van der Waals surface area contributed by atoms with Gasteiger partial charge in [-0.15, -0.1) is 0 Å². The molecule has 2 fully saturated rings. The van der Waals surface area contributed by atoms with E-state index in [-0.39, 0.29) is 12.5 Å². The summed E-state index contributed by atoms with van der Waals surface area (Å²) in [5, 5.41) is 0. The molecule has 0 aliphatic carbocycles. The Labute approximate surface area is 166 Å². The number of ether oxygens (including phenoxy) is 4. The summed E-state index contributed by atoms with van der Waals surface area (Å²) in [5.41, 5.74) is 0. The van der Waals surface area contributed by atoms with Crippen molar-refractivity contribution < 1.29 is 23.7 Å². The molecular weight excluding hydrogens is 360 g/mol. The zero-order valence-electron chi connectivity index (χ0n) is 16.4. The summed E-state index contributed by atoms with van der Waals surface area (Å²) in [5.74, 6) is 2.11. The molecule has 0 saturated carbocycles. The molecule has 3 aliphatic heterocycles. The number of likely N-dealkylation sites (tertiary alicyclic amines) is 1. The number of morpholine rings is 1. The van der Waals surface area contributed by atoms with Crippen molar-refractivity contribution in [1.29, 1.82) is 0 Å². The number of rotatable bonds is 6. The average molecular weight is 390 g/mol. The second kappa shape index (κ2) is 9.47. The van der Waals surface area contributed by atoms with E-state index >= 15 is 0 Å². The van der Waals surface area contributed by atoms with Crippen LogP contribution in [0, 0.1) is 0 Å². The van der Waals surface area contributed by atoms with Gasteiger partial charge < -0.3 is 23.8 Å². The van der Waals surface area contributed by atoms with E-state index in [9.17, 15) is 4.79 Å². The Kier molecular flexibility index (Phi) is 6.54. The van der Waals surface area contributed by atoms with Crippen LogP contribution in [0.2, 0.25) is 0 Å². The van der Waals surface area contributed by atoms with Crippen LogP contribution in [-0.4, -0.2) is 81.0 Å². The molecule has 1 atom stereocenters. The maximum Gasteiger partial charge on any atom is 0.260 e. The summed E-state index contributed by atoms with van der Waals surface area (Å²) >= 11 is 0. The third-order valence-corrected chi connectivity index (χ3v) is 5.71. The van der Waals surface area contributed by atoms with Gasteiger partial charge in [0, 0.05) is 38.3 Å². The first-order valence-electron chi connectivity index (χ1n) is 10.4. The Morgan fingerprint density at radius 2 is 1.86 bits per heavy atom. The minimum Gasteiger partial charge on any atom is -0.486 e. The molecule has 0 N–H and O–H groups in total. The van der Waals surface area contributed by atoms with Crippen LogP contribution in [0.25, 0.3) is 0 Å². The third kappa shape index (κ3) is 4.89. The number of amides is 1. The van der Waals surface area contributed by atoms with E-state index in [1.807, 2.05) is 17.0 Å². The Morgan fingerprint density at radius 3 is 2.71 bits per heavy atom. The summed E-state index contributed by atoms with van der Waals surface area (Å²) in [6.07, 6.45) is 4.38. The van der Waals surface area contributed by atoms with Crippen molar-refractivity contribution in [2.75, 3.05) is 59.2 Å². The molecule has 0 bridgehead atoms. The minimum absolute atomic E-state index is 0.0632. The molecule has 1 aromatic carbocycles. The second-order valence-electron chi connectivity index (χ2n) is 7.57. The number of fused-ring (bicyclic) bond motifs is 1. The molecular formula is C21H30N2O5. The van der Waals surface area contributed by atoms with E-state index in [1.165, 1.54) is 6.42 Å². The predicted octanol–water partition coefficient (Wildman–Crippen LogP) is 1.94. The fourth-order valence-corrected chi connectivity index (χ4v) is 4.13. The lowest BCUT2D eigenvalue weighted by Crippen LogP contribution is -2.47. The SMILES string of the molecule is O=C(COc1ccc2c(c1)OCCO2)N1CCCCC1CCN1CCOCC1. The van der Waals surface area contributed by atoms with E-state index in [1.54, 1.807) is 6.07 Å². The van der Waals surface area contributed by atoms with Crippen molar-refractivity contribution in [3.8, 4) is 17.2 Å². The van der Waals surface area contributed by atoms with Crippen LogP contribution < -0.4 is 14.2 Å². The first-order valence-corrected chi connectivity index (χ1v) is 10.4. The van der Waals surface area contributed by atoms with Crippen LogP contribution in [0.5, 0.6) is 17.2 Å². The Morgan fingerprint density at radius 1 is 1.04 bits per heavy atom. The van der Waals surface area contributed by atoms with E-state index in [2.05, 4.69) is 4.90 Å². The van der Waals surface area contributed by atoms with Crippen molar-refractivity contribution in [3.05, 3.63) is 18.2 Å². The zero-order valence-corrected chi connectivity index (χ0v) is 16.4. The quantitative estimate of drug-likeness (QED) is 0.740. The number of carbonyl (C=O) groups excluding carboxylic acids is 1. The summed E-state index contributed by atoms with van der Waals surface area (Å²) in [6, 6.07) is 5.77. The van der Waals surface area contributed by atoms with Gasteiger partial charge in [0.25, 0.3) is 5.91 Å². The number of benzene rings is 1. The fraction of sp³-hybridized carbons (Fsp3) is 0.667. The van der Waals surface area contributed by atoms with Crippen LogP contribution >= 0.6 is 0 Å². The standard InChI is InChI=1S/C21H30N2O5/c24-21(16-28-18-4-5-19-20(15-18)27-14-13-26-19)23-7-2-1-3-17(23)6-8-22-9-11-25-12-10-22/h4-5,15,17H,1-3,6-14,16H2. The Bertz CT molecular complexity index is 662. The highest BCUT2D eigenvalue weighted by Gasteiger charge is 2.27. The van der Waals surface area contributed by atoms with Gasteiger partial charge in [-0.1, -0.05) is 0 Å². The van der Waals surface area contributed by atoms with Gasteiger partial charge >= 0.3 is 0 Å². The van der Waals surface area contributed by atoms with Crippen molar-refractivity contribution in [1.82, 2.24) is 9.80 Å². The first kappa shape index (κ1) is 19.3. The first-order chi connectivity index (χ1) is 13.8. The Balaban J connectivity index is 1.29. The summed E-state index contributed by atoms with van der Waals surface area (Å²) in [4.78, 5) is 17.3. The maximum atomic E-state index is 12.8. The van der Waals surface area contributed by atoms with Gasteiger partial charge in [0.2, 0.25) is 0 Å². The average Bonchev–Trinajstić information content (AvgIpc) is 2.77. The molecule has 1 unspecified atom stereocenters. The monoisotopic (exact) mass is 390 g/mol. The molecule has 0 radical (unpaired) electrons. The largest absolute Gasteiger partial charge is 0.486 e. The lowest BCUT2D eigenvalue weighted by Gasteiger charge is -2.37. The molecule has 1 amide bonds. The normalized spacial score (nSPS) is 22.7. The highest BCUT2D eigenvalue weighted by Crippen LogP contribution is 2.33. The fourth-order valence-electron chi connectivity index (χ4n) is 4.13. The van der Waals surface area contributed by atoms with Crippen LogP contribution in [0.15, 0.2) is 18.2 Å². The zero-order chi connectivity index (χ0) is 19.2. The molecule has 1 aromatic rings. The second-order valence-corrected chi connectivity index (χ2v) is 7.57. The van der Waals surface area contributed by atoms with Gasteiger partial charge in [0.1, 0.15) is 19.0 Å². The van der Waals surface area contributed by atoms with E-state index in [0.717, 1.165) is 64.4 Å². The summed E-state index contributed by atoms with van der Waals surface area (Å²) in [7, 11) is 0. The third-order valence-electron chi connectivity index (χ3n) is 5.71. The van der Waals surface area contributed by atoms with E-state index in [0.29, 0.717) is 30.8 Å². The molecule has 28 heavy (non-hydrogen) atoms. The van der Waals surface area contributed by atoms with E-state index in [4.69, 9.17) is 18.9 Å². The van der Waals surface area contributed by atoms with Crippen molar-refractivity contribution in [2.24, 2.45) is 0 Å². The smallest absolute Gasteiger partial charge is 0.260 e. The van der Waals surface area contributed by atoms with Crippen LogP contribution in [0.3, 0.4) is 0 Å². The Hall–Kier alpha value is -1.99. The molecule has 3 heterocycles. The van der Waals surface area contributed by atoms with E-state index < -0.39 is 0 Å². The number of carbonyl (C=O) groups is 1. The summed E-state index contributed by atoms with van der Waals surface area (Å²) < 4.78 is 22.3. The van der Waals surface area contributed by atoms with Gasteiger partial charge in [-0.2, -0.15) is 0 Å². The van der Waals surface area contributed by atoms with Gasteiger partial charge in [-0.05, 0) is 37.8 Å². The number of hydrogen-bond acceptors (Lipinski definition) is 6. The summed E-state index contributed by atoms with van der Waals surface area (Å²) in [6.45, 7) is 6.64. The molecule has 7 heteroatoms. The van der Waals surface area contributed by atoms with Crippen molar-refractivity contribution >= 4 is 5.91 Å². The highest BCUT2D eigenvalue weighted by atomic mass is 16.6. The van der Waals surface area contributed by atoms with Crippen LogP contribution in [-0.2, 0) is 9.53 Å². The van der Waals surface area contributed by atoms with Crippen molar-refractivity contribution in [2.45, 2.75) is 31.7 Å². The molecule has 7 nitrogen and oxygen atoms in total. The maximum absolute atomic E-state index is 12.8. The lowest BCUT2D eigenvalue weighted by molar-refractivity contribution is -0.137.